The number of para-hydroxylation sites is 2. The Hall–Kier alpha value is -3.20. The molecule has 0 aliphatic carbocycles. The van der Waals surface area contributed by atoms with Crippen molar-refractivity contribution in [3.63, 3.8) is 0 Å². The molecule has 0 spiro atoms. The Bertz CT molecular complexity index is 1160. The lowest BCUT2D eigenvalue weighted by Crippen LogP contribution is -2.38. The van der Waals surface area contributed by atoms with Gasteiger partial charge in [0.15, 0.2) is 5.82 Å². The summed E-state index contributed by atoms with van der Waals surface area (Å²) >= 11 is 1.45. The summed E-state index contributed by atoms with van der Waals surface area (Å²) in [6.07, 6.45) is 0.582. The molecule has 4 heterocycles. The molecule has 3 aromatic rings. The first-order valence-electron chi connectivity index (χ1n) is 9.92. The van der Waals surface area contributed by atoms with Crippen molar-refractivity contribution in [2.24, 2.45) is 0 Å². The van der Waals surface area contributed by atoms with Crippen molar-refractivity contribution in [1.29, 1.82) is 0 Å². The first-order valence-corrected chi connectivity index (χ1v) is 10.7. The molecule has 154 valence electrons. The van der Waals surface area contributed by atoms with E-state index in [0.29, 0.717) is 42.4 Å². The fraction of sp³-hybridized carbons (Fsp3) is 0.333. The Kier molecular flexibility index (Phi) is 4.35. The maximum Gasteiger partial charge on any atom is 0.290 e. The third-order valence-corrected chi connectivity index (χ3v) is 6.95. The maximum atomic E-state index is 13.1. The second-order valence-corrected chi connectivity index (χ2v) is 8.65. The van der Waals surface area contributed by atoms with Crippen molar-refractivity contribution in [2.45, 2.75) is 19.9 Å². The predicted octanol–water partition coefficient (Wildman–Crippen LogP) is 2.26. The summed E-state index contributed by atoms with van der Waals surface area (Å²) in [4.78, 5) is 52.0. The summed E-state index contributed by atoms with van der Waals surface area (Å²) in [5, 5.41) is 0.708. The van der Waals surface area contributed by atoms with Crippen LogP contribution in [0.1, 0.15) is 38.3 Å². The lowest BCUT2D eigenvalue weighted by Gasteiger charge is -2.26. The topological polar surface area (TPSA) is 89.6 Å². The van der Waals surface area contributed by atoms with Crippen molar-refractivity contribution >= 4 is 45.1 Å². The number of amides is 3. The number of carbonyl (C=O) groups excluding carboxylic acids is 3. The molecule has 2 aliphatic rings. The van der Waals surface area contributed by atoms with Gasteiger partial charge in [-0.3, -0.25) is 14.4 Å². The van der Waals surface area contributed by atoms with Gasteiger partial charge in [0.25, 0.3) is 11.8 Å². The van der Waals surface area contributed by atoms with Gasteiger partial charge in [-0.15, -0.1) is 11.3 Å². The number of hydrogen-bond acceptors (Lipinski definition) is 5. The van der Waals surface area contributed by atoms with E-state index in [1.54, 1.807) is 16.8 Å². The van der Waals surface area contributed by atoms with Gasteiger partial charge in [0.05, 0.1) is 23.1 Å². The number of hydrogen-bond donors (Lipinski definition) is 1. The van der Waals surface area contributed by atoms with E-state index >= 15 is 0 Å². The lowest BCUT2D eigenvalue weighted by molar-refractivity contribution is -0.118. The Labute approximate surface area is 177 Å². The van der Waals surface area contributed by atoms with Crippen LogP contribution in [0, 0.1) is 0 Å². The van der Waals surface area contributed by atoms with Crippen LogP contribution in [0.4, 0.5) is 5.00 Å². The van der Waals surface area contributed by atoms with Crippen LogP contribution in [0.25, 0.3) is 11.0 Å². The smallest absolute Gasteiger partial charge is 0.290 e. The van der Waals surface area contributed by atoms with Crippen molar-refractivity contribution < 1.29 is 14.4 Å². The Morgan fingerprint density at radius 1 is 1.23 bits per heavy atom. The fourth-order valence-corrected chi connectivity index (χ4v) is 5.60. The highest BCUT2D eigenvalue weighted by Crippen LogP contribution is 2.41. The standard InChI is InChI=1S/C21H21N5O3S/c1-3-26-16(27)11-24(2)19(28)17-12-8-9-25(10-15(12)30-21(17)26)20(29)18-22-13-6-4-5-7-14(13)23-18/h4-7H,3,8-11H2,1-2H3,(H,22,23). The molecule has 3 amide bonds. The average Bonchev–Trinajstić information content (AvgIpc) is 3.32. The van der Waals surface area contributed by atoms with Crippen LogP contribution in [-0.4, -0.2) is 64.2 Å². The summed E-state index contributed by atoms with van der Waals surface area (Å²) in [5.41, 5.74) is 3.17. The zero-order valence-electron chi connectivity index (χ0n) is 16.8. The van der Waals surface area contributed by atoms with Gasteiger partial charge in [-0.2, -0.15) is 0 Å². The van der Waals surface area contributed by atoms with Gasteiger partial charge in [-0.1, -0.05) is 12.1 Å². The molecule has 30 heavy (non-hydrogen) atoms. The molecule has 5 rings (SSSR count). The van der Waals surface area contributed by atoms with Crippen LogP contribution in [0.3, 0.4) is 0 Å². The Balaban J connectivity index is 1.49. The molecule has 0 radical (unpaired) electrons. The number of aromatic nitrogens is 2. The van der Waals surface area contributed by atoms with E-state index < -0.39 is 0 Å². The van der Waals surface area contributed by atoms with Crippen molar-refractivity contribution in [3.05, 3.63) is 46.1 Å². The van der Waals surface area contributed by atoms with Gasteiger partial charge in [-0.25, -0.2) is 4.98 Å². The minimum atomic E-state index is -0.160. The molecule has 0 unspecified atom stereocenters. The van der Waals surface area contributed by atoms with Gasteiger partial charge < -0.3 is 19.7 Å². The molecule has 8 nitrogen and oxygen atoms in total. The minimum absolute atomic E-state index is 0.0825. The van der Waals surface area contributed by atoms with E-state index in [9.17, 15) is 14.4 Å². The molecule has 0 atom stereocenters. The Morgan fingerprint density at radius 2 is 2.03 bits per heavy atom. The second kappa shape index (κ2) is 6.94. The molecule has 2 aromatic heterocycles. The van der Waals surface area contributed by atoms with Crippen LogP contribution in [0.2, 0.25) is 0 Å². The number of H-pyrrole nitrogens is 1. The SMILES string of the molecule is CCN1C(=O)CN(C)C(=O)c2c1sc1c2CCN(C(=O)c2nc3ccccc3[nH]2)C1. The molecule has 2 aliphatic heterocycles. The highest BCUT2D eigenvalue weighted by atomic mass is 32.1. The summed E-state index contributed by atoms with van der Waals surface area (Å²) in [7, 11) is 1.66. The van der Waals surface area contributed by atoms with Gasteiger partial charge in [-0.05, 0) is 31.0 Å². The van der Waals surface area contributed by atoms with Crippen molar-refractivity contribution in [3.8, 4) is 0 Å². The van der Waals surface area contributed by atoms with Crippen LogP contribution < -0.4 is 4.90 Å². The van der Waals surface area contributed by atoms with Gasteiger partial charge in [0, 0.05) is 25.0 Å². The third-order valence-electron chi connectivity index (χ3n) is 5.71. The largest absolute Gasteiger partial charge is 0.334 e. The maximum absolute atomic E-state index is 13.1. The number of aromatic amines is 1. The molecule has 0 bridgehead atoms. The van der Waals surface area contributed by atoms with Crippen molar-refractivity contribution in [2.75, 3.05) is 31.6 Å². The average molecular weight is 423 g/mol. The van der Waals surface area contributed by atoms with Crippen LogP contribution in [0.5, 0.6) is 0 Å². The van der Waals surface area contributed by atoms with Crippen LogP contribution in [-0.2, 0) is 17.8 Å². The monoisotopic (exact) mass is 423 g/mol. The van der Waals surface area contributed by atoms with E-state index in [0.717, 1.165) is 21.5 Å². The molecule has 1 aromatic carbocycles. The molecule has 0 saturated heterocycles. The van der Waals surface area contributed by atoms with Gasteiger partial charge in [0.1, 0.15) is 11.5 Å². The first kappa shape index (κ1) is 18.8. The third kappa shape index (κ3) is 2.80. The normalized spacial score (nSPS) is 16.7. The zero-order valence-corrected chi connectivity index (χ0v) is 17.6. The number of thiophene rings is 1. The quantitative estimate of drug-likeness (QED) is 0.685. The van der Waals surface area contributed by atoms with Gasteiger partial charge in [0.2, 0.25) is 5.91 Å². The highest BCUT2D eigenvalue weighted by Gasteiger charge is 2.37. The number of benzene rings is 1. The number of nitrogens with zero attached hydrogens (tertiary/aromatic N) is 4. The molecule has 0 fully saturated rings. The Morgan fingerprint density at radius 3 is 2.80 bits per heavy atom. The summed E-state index contributed by atoms with van der Waals surface area (Å²) in [5.74, 6) is -0.0454. The van der Waals surface area contributed by atoms with Gasteiger partial charge >= 0.3 is 0 Å². The lowest BCUT2D eigenvalue weighted by atomic mass is 10.0. The number of fused-ring (bicyclic) bond motifs is 4. The minimum Gasteiger partial charge on any atom is -0.334 e. The van der Waals surface area contributed by atoms with Crippen LogP contribution in [0.15, 0.2) is 24.3 Å². The number of anilines is 1. The molecule has 1 N–H and O–H groups in total. The summed E-state index contributed by atoms with van der Waals surface area (Å²) < 4.78 is 0. The first-order chi connectivity index (χ1) is 14.5. The van der Waals surface area contributed by atoms with Crippen molar-refractivity contribution in [1.82, 2.24) is 19.8 Å². The fourth-order valence-electron chi connectivity index (χ4n) is 4.16. The second-order valence-electron chi connectivity index (χ2n) is 7.56. The molecule has 0 saturated carbocycles. The van der Waals surface area contributed by atoms with E-state index in [1.165, 1.54) is 16.2 Å². The summed E-state index contributed by atoms with van der Waals surface area (Å²) in [6.45, 7) is 3.41. The highest BCUT2D eigenvalue weighted by molar-refractivity contribution is 7.17. The molecule has 9 heteroatoms. The zero-order chi connectivity index (χ0) is 21.0. The predicted molar refractivity (Wildman–Crippen MR) is 114 cm³/mol. The number of carbonyl (C=O) groups is 3. The number of imidazole rings is 1. The van der Waals surface area contributed by atoms with E-state index in [-0.39, 0.29) is 24.3 Å². The number of rotatable bonds is 2. The summed E-state index contributed by atoms with van der Waals surface area (Å²) in [6, 6.07) is 7.54. The molecular formula is C21H21N5O3S. The number of nitrogens with one attached hydrogen (secondary N) is 1. The number of likely N-dealkylation sites (N-methyl/N-ethyl adjacent to an activating group) is 2. The van der Waals surface area contributed by atoms with E-state index in [1.807, 2.05) is 31.2 Å². The van der Waals surface area contributed by atoms with E-state index in [4.69, 9.17) is 0 Å². The van der Waals surface area contributed by atoms with E-state index in [2.05, 4.69) is 9.97 Å². The van der Waals surface area contributed by atoms with Crippen LogP contribution >= 0.6 is 11.3 Å². The molecular weight excluding hydrogens is 402 g/mol.